The lowest BCUT2D eigenvalue weighted by Gasteiger charge is -2.36. The number of piperazine rings is 1. The molecular weight excluding hydrogens is 414 g/mol. The van der Waals surface area contributed by atoms with E-state index in [-0.39, 0.29) is 24.3 Å². The van der Waals surface area contributed by atoms with Gasteiger partial charge in [0.1, 0.15) is 0 Å². The fraction of sp³-hybridized carbons (Fsp3) is 0.478. The Morgan fingerprint density at radius 1 is 1.06 bits per heavy atom. The van der Waals surface area contributed by atoms with Crippen LogP contribution in [0, 0.1) is 5.92 Å². The zero-order valence-electron chi connectivity index (χ0n) is 18.4. The molecule has 1 aliphatic heterocycles. The summed E-state index contributed by atoms with van der Waals surface area (Å²) in [5.74, 6) is 0.707. The molecule has 1 fully saturated rings. The average Bonchev–Trinajstić information content (AvgIpc) is 2.79. The molecule has 3 rings (SSSR count). The van der Waals surface area contributed by atoms with Crippen LogP contribution in [0.2, 0.25) is 5.02 Å². The smallest absolute Gasteiger partial charge is 0.242 e. The fourth-order valence-electron chi connectivity index (χ4n) is 3.66. The maximum atomic E-state index is 12.8. The fourth-order valence-corrected chi connectivity index (χ4v) is 3.89. The van der Waals surface area contributed by atoms with Crippen molar-refractivity contribution in [1.29, 1.82) is 0 Å². The number of benzene rings is 1. The van der Waals surface area contributed by atoms with E-state index >= 15 is 0 Å². The number of nitrogens with zero attached hydrogens (tertiary/aromatic N) is 5. The van der Waals surface area contributed by atoms with Crippen LogP contribution in [-0.2, 0) is 9.59 Å². The van der Waals surface area contributed by atoms with Crippen molar-refractivity contribution in [2.24, 2.45) is 5.92 Å². The number of rotatable bonds is 7. The van der Waals surface area contributed by atoms with Crippen molar-refractivity contribution >= 4 is 29.2 Å². The summed E-state index contributed by atoms with van der Waals surface area (Å²) >= 11 is 6.25. The van der Waals surface area contributed by atoms with Crippen LogP contribution in [0.5, 0.6) is 0 Å². The zero-order valence-corrected chi connectivity index (χ0v) is 19.2. The number of hydrogen-bond donors (Lipinski definition) is 0. The van der Waals surface area contributed by atoms with Crippen molar-refractivity contribution in [1.82, 2.24) is 20.0 Å². The Morgan fingerprint density at radius 2 is 1.77 bits per heavy atom. The topological polar surface area (TPSA) is 69.6 Å². The third-order valence-corrected chi connectivity index (χ3v) is 5.71. The number of anilines is 1. The van der Waals surface area contributed by atoms with Gasteiger partial charge in [-0.3, -0.25) is 9.59 Å². The SMILES string of the molecule is CCCN(CC(=O)N1CCN(c2ccc(-c3ccccc3Cl)nn2)CC1)C(=O)C(C)C. The molecule has 1 aromatic heterocycles. The van der Waals surface area contributed by atoms with Gasteiger partial charge in [0.25, 0.3) is 0 Å². The summed E-state index contributed by atoms with van der Waals surface area (Å²) in [5, 5.41) is 9.34. The average molecular weight is 444 g/mol. The van der Waals surface area contributed by atoms with E-state index < -0.39 is 0 Å². The summed E-state index contributed by atoms with van der Waals surface area (Å²) in [6, 6.07) is 11.4. The highest BCUT2D eigenvalue weighted by atomic mass is 35.5. The van der Waals surface area contributed by atoms with Gasteiger partial charge in [-0.05, 0) is 24.6 Å². The second kappa shape index (κ2) is 10.6. The molecule has 2 amide bonds. The van der Waals surface area contributed by atoms with Gasteiger partial charge in [-0.25, -0.2) is 0 Å². The summed E-state index contributed by atoms with van der Waals surface area (Å²) in [6.07, 6.45) is 0.836. The quantitative estimate of drug-likeness (QED) is 0.656. The van der Waals surface area contributed by atoms with Crippen LogP contribution in [-0.4, -0.2) is 71.1 Å². The molecule has 8 heteroatoms. The van der Waals surface area contributed by atoms with Crippen molar-refractivity contribution in [3.05, 3.63) is 41.4 Å². The number of amides is 2. The van der Waals surface area contributed by atoms with Crippen molar-refractivity contribution in [3.8, 4) is 11.3 Å². The minimum Gasteiger partial charge on any atom is -0.352 e. The highest BCUT2D eigenvalue weighted by Crippen LogP contribution is 2.26. The van der Waals surface area contributed by atoms with Gasteiger partial charge in [0.05, 0.1) is 17.3 Å². The number of carbonyl (C=O) groups excluding carboxylic acids is 2. The van der Waals surface area contributed by atoms with E-state index in [1.165, 1.54) is 0 Å². The second-order valence-corrected chi connectivity index (χ2v) is 8.45. The molecule has 31 heavy (non-hydrogen) atoms. The molecule has 1 saturated heterocycles. The molecule has 1 aromatic carbocycles. The molecule has 0 aliphatic carbocycles. The Balaban J connectivity index is 1.57. The van der Waals surface area contributed by atoms with E-state index in [1.54, 1.807) is 4.90 Å². The van der Waals surface area contributed by atoms with Gasteiger partial charge in [0.15, 0.2) is 5.82 Å². The highest BCUT2D eigenvalue weighted by Gasteiger charge is 2.26. The van der Waals surface area contributed by atoms with Crippen LogP contribution in [0.3, 0.4) is 0 Å². The minimum absolute atomic E-state index is 0.00208. The molecule has 0 radical (unpaired) electrons. The Bertz CT molecular complexity index is 895. The third-order valence-electron chi connectivity index (χ3n) is 5.38. The van der Waals surface area contributed by atoms with Gasteiger partial charge in [-0.15, -0.1) is 10.2 Å². The predicted molar refractivity (Wildman–Crippen MR) is 123 cm³/mol. The number of hydrogen-bond acceptors (Lipinski definition) is 5. The lowest BCUT2D eigenvalue weighted by atomic mass is 10.1. The van der Waals surface area contributed by atoms with Crippen molar-refractivity contribution in [2.45, 2.75) is 27.2 Å². The van der Waals surface area contributed by atoms with Crippen molar-refractivity contribution < 1.29 is 9.59 Å². The third kappa shape index (κ3) is 5.73. The molecule has 166 valence electrons. The summed E-state index contributed by atoms with van der Waals surface area (Å²) in [5.41, 5.74) is 1.58. The standard InChI is InChI=1S/C23H30ClN5O2/c1-4-11-29(23(31)17(2)3)16-22(30)28-14-12-27(13-15-28)21-10-9-20(25-26-21)18-7-5-6-8-19(18)24/h5-10,17H,4,11-16H2,1-3H3. The molecule has 0 N–H and O–H groups in total. The Labute approximate surface area is 189 Å². The second-order valence-electron chi connectivity index (χ2n) is 8.04. The highest BCUT2D eigenvalue weighted by molar-refractivity contribution is 6.33. The maximum Gasteiger partial charge on any atom is 0.242 e. The molecule has 0 unspecified atom stereocenters. The van der Waals surface area contributed by atoms with Gasteiger partial charge in [0, 0.05) is 44.2 Å². The van der Waals surface area contributed by atoms with E-state index in [0.29, 0.717) is 37.7 Å². The van der Waals surface area contributed by atoms with Crippen LogP contribution in [0.15, 0.2) is 36.4 Å². The molecule has 0 saturated carbocycles. The molecule has 7 nitrogen and oxygen atoms in total. The summed E-state index contributed by atoms with van der Waals surface area (Å²) in [4.78, 5) is 30.8. The lowest BCUT2D eigenvalue weighted by Crippen LogP contribution is -2.52. The first kappa shape index (κ1) is 23.0. The summed E-state index contributed by atoms with van der Waals surface area (Å²) in [7, 11) is 0. The molecule has 2 heterocycles. The van der Waals surface area contributed by atoms with E-state index in [9.17, 15) is 9.59 Å². The van der Waals surface area contributed by atoms with Crippen LogP contribution >= 0.6 is 11.6 Å². The van der Waals surface area contributed by atoms with Crippen LogP contribution in [0.4, 0.5) is 5.82 Å². The van der Waals surface area contributed by atoms with Gasteiger partial charge >= 0.3 is 0 Å². The molecule has 0 bridgehead atoms. The van der Waals surface area contributed by atoms with Gasteiger partial charge in [-0.2, -0.15) is 0 Å². The van der Waals surface area contributed by atoms with E-state index in [4.69, 9.17) is 11.6 Å². The first-order valence-corrected chi connectivity index (χ1v) is 11.2. The van der Waals surface area contributed by atoms with Gasteiger partial charge in [0.2, 0.25) is 11.8 Å². The molecule has 0 spiro atoms. The lowest BCUT2D eigenvalue weighted by molar-refractivity contribution is -0.142. The normalized spacial score (nSPS) is 14.1. The first-order chi connectivity index (χ1) is 14.9. The van der Waals surface area contributed by atoms with Gasteiger partial charge < -0.3 is 14.7 Å². The Kier molecular flexibility index (Phi) is 7.85. The van der Waals surface area contributed by atoms with Crippen molar-refractivity contribution in [3.63, 3.8) is 0 Å². The monoisotopic (exact) mass is 443 g/mol. The van der Waals surface area contributed by atoms with E-state index in [0.717, 1.165) is 23.5 Å². The van der Waals surface area contributed by atoms with Gasteiger partial charge in [-0.1, -0.05) is 50.6 Å². The van der Waals surface area contributed by atoms with E-state index in [1.807, 2.05) is 62.1 Å². The molecule has 0 atom stereocenters. The molecular formula is C23H30ClN5O2. The summed E-state index contributed by atoms with van der Waals surface area (Å²) < 4.78 is 0. The number of halogens is 1. The number of aromatic nitrogens is 2. The maximum absolute atomic E-state index is 12.8. The Hall–Kier alpha value is -2.67. The summed E-state index contributed by atoms with van der Waals surface area (Å²) in [6.45, 7) is 9.06. The largest absolute Gasteiger partial charge is 0.352 e. The zero-order chi connectivity index (χ0) is 22.4. The molecule has 2 aromatic rings. The van der Waals surface area contributed by atoms with Crippen LogP contribution < -0.4 is 4.90 Å². The first-order valence-electron chi connectivity index (χ1n) is 10.8. The van der Waals surface area contributed by atoms with Crippen LogP contribution in [0.1, 0.15) is 27.2 Å². The van der Waals surface area contributed by atoms with Crippen molar-refractivity contribution in [2.75, 3.05) is 44.2 Å². The minimum atomic E-state index is -0.108. The van der Waals surface area contributed by atoms with Crippen LogP contribution in [0.25, 0.3) is 11.3 Å². The number of carbonyl (C=O) groups is 2. The molecule has 1 aliphatic rings. The Morgan fingerprint density at radius 3 is 2.35 bits per heavy atom. The predicted octanol–water partition coefficient (Wildman–Crippen LogP) is 3.34. The van der Waals surface area contributed by atoms with E-state index in [2.05, 4.69) is 15.1 Å².